The third-order valence-corrected chi connectivity index (χ3v) is 5.87. The van der Waals surface area contributed by atoms with Crippen LogP contribution in [0.25, 0.3) is 0 Å². The monoisotopic (exact) mass is 327 g/mol. The topological polar surface area (TPSA) is 52.7 Å². The second-order valence-electron chi connectivity index (χ2n) is 7.43. The first-order chi connectivity index (χ1) is 11.7. The number of benzene rings is 1. The van der Waals surface area contributed by atoms with Gasteiger partial charge in [0.2, 0.25) is 11.8 Å². The average Bonchev–Trinajstić information content (AvgIpc) is 3.03. The summed E-state index contributed by atoms with van der Waals surface area (Å²) in [4.78, 5) is 29.1. The van der Waals surface area contributed by atoms with Crippen LogP contribution in [-0.2, 0) is 22.6 Å². The smallest absolute Gasteiger partial charge is 0.236 e. The maximum absolute atomic E-state index is 12.7. The van der Waals surface area contributed by atoms with Crippen LogP contribution in [0.1, 0.15) is 30.4 Å². The first-order valence-electron chi connectivity index (χ1n) is 9.02. The molecule has 0 aromatic heterocycles. The van der Waals surface area contributed by atoms with Crippen LogP contribution in [0.15, 0.2) is 24.3 Å². The third kappa shape index (κ3) is 2.81. The lowest BCUT2D eigenvalue weighted by molar-refractivity contribution is -0.135. The number of rotatable bonds is 2. The SMILES string of the molecule is O=C(CN1CCc2ccccc2C1)N1CC[C@@]2(CCCNC2=O)C1. The highest BCUT2D eigenvalue weighted by Gasteiger charge is 2.46. The van der Waals surface area contributed by atoms with E-state index >= 15 is 0 Å². The van der Waals surface area contributed by atoms with Crippen LogP contribution < -0.4 is 5.32 Å². The van der Waals surface area contributed by atoms with Crippen molar-refractivity contribution in [3.8, 4) is 0 Å². The Labute approximate surface area is 143 Å². The lowest BCUT2D eigenvalue weighted by Gasteiger charge is -2.33. The number of hydrogen-bond acceptors (Lipinski definition) is 3. The molecule has 2 saturated heterocycles. The van der Waals surface area contributed by atoms with Gasteiger partial charge >= 0.3 is 0 Å². The predicted octanol–water partition coefficient (Wildman–Crippen LogP) is 1.17. The minimum atomic E-state index is -0.317. The highest BCUT2D eigenvalue weighted by atomic mass is 16.2. The van der Waals surface area contributed by atoms with Crippen LogP contribution in [-0.4, -0.2) is 54.3 Å². The largest absolute Gasteiger partial charge is 0.356 e. The molecule has 1 atom stereocenters. The van der Waals surface area contributed by atoms with Crippen LogP contribution in [0, 0.1) is 5.41 Å². The van der Waals surface area contributed by atoms with Gasteiger partial charge in [0.25, 0.3) is 0 Å². The van der Waals surface area contributed by atoms with Crippen molar-refractivity contribution in [2.24, 2.45) is 5.41 Å². The van der Waals surface area contributed by atoms with E-state index < -0.39 is 0 Å². The number of nitrogens with one attached hydrogen (secondary N) is 1. The average molecular weight is 327 g/mol. The van der Waals surface area contributed by atoms with Crippen molar-refractivity contribution in [2.45, 2.75) is 32.2 Å². The van der Waals surface area contributed by atoms with Crippen LogP contribution in [0.2, 0.25) is 0 Å². The summed E-state index contributed by atoms with van der Waals surface area (Å²) in [6.07, 6.45) is 3.76. The van der Waals surface area contributed by atoms with E-state index in [1.54, 1.807) is 0 Å². The third-order valence-electron chi connectivity index (χ3n) is 5.87. The Morgan fingerprint density at radius 3 is 2.83 bits per heavy atom. The molecule has 1 aromatic rings. The van der Waals surface area contributed by atoms with E-state index in [2.05, 4.69) is 34.5 Å². The fourth-order valence-corrected chi connectivity index (χ4v) is 4.38. The van der Waals surface area contributed by atoms with Gasteiger partial charge in [0.15, 0.2) is 0 Å². The predicted molar refractivity (Wildman–Crippen MR) is 91.3 cm³/mol. The summed E-state index contributed by atoms with van der Waals surface area (Å²) in [5.74, 6) is 0.320. The number of piperidine rings is 1. The molecule has 4 rings (SSSR count). The zero-order valence-electron chi connectivity index (χ0n) is 14.1. The van der Waals surface area contributed by atoms with Gasteiger partial charge in [-0.1, -0.05) is 24.3 Å². The van der Waals surface area contributed by atoms with Crippen molar-refractivity contribution in [1.82, 2.24) is 15.1 Å². The molecule has 5 nitrogen and oxygen atoms in total. The maximum atomic E-state index is 12.7. The molecule has 3 heterocycles. The summed E-state index contributed by atoms with van der Waals surface area (Å²) in [6, 6.07) is 8.48. The molecular weight excluding hydrogens is 302 g/mol. The zero-order chi connectivity index (χ0) is 16.6. The standard InChI is InChI=1S/C19H25N3O2/c23-17(13-21-10-6-15-4-1-2-5-16(15)12-21)22-11-8-19(14-22)7-3-9-20-18(19)24/h1-2,4-5H,3,6-14H2,(H,20,24)/t19-/m0/s1. The molecule has 0 unspecified atom stereocenters. The fourth-order valence-electron chi connectivity index (χ4n) is 4.38. The Morgan fingerprint density at radius 2 is 2.00 bits per heavy atom. The van der Waals surface area contributed by atoms with Crippen molar-refractivity contribution in [3.05, 3.63) is 35.4 Å². The van der Waals surface area contributed by atoms with E-state index in [9.17, 15) is 9.59 Å². The van der Waals surface area contributed by atoms with Gasteiger partial charge in [0.05, 0.1) is 12.0 Å². The summed E-state index contributed by atoms with van der Waals surface area (Å²) < 4.78 is 0. The van der Waals surface area contributed by atoms with Gasteiger partial charge in [-0.05, 0) is 36.8 Å². The Balaban J connectivity index is 1.37. The van der Waals surface area contributed by atoms with Crippen LogP contribution in [0.4, 0.5) is 0 Å². The van der Waals surface area contributed by atoms with Crippen LogP contribution in [0.5, 0.6) is 0 Å². The molecule has 3 aliphatic rings. The van der Waals surface area contributed by atoms with E-state index in [-0.39, 0.29) is 17.2 Å². The van der Waals surface area contributed by atoms with E-state index in [4.69, 9.17) is 0 Å². The number of fused-ring (bicyclic) bond motifs is 1. The van der Waals surface area contributed by atoms with Gasteiger partial charge in [-0.25, -0.2) is 0 Å². The van der Waals surface area contributed by atoms with Crippen molar-refractivity contribution in [3.63, 3.8) is 0 Å². The van der Waals surface area contributed by atoms with Crippen molar-refractivity contribution < 1.29 is 9.59 Å². The van der Waals surface area contributed by atoms with E-state index in [0.717, 1.165) is 51.9 Å². The maximum Gasteiger partial charge on any atom is 0.236 e. The summed E-state index contributed by atoms with van der Waals surface area (Å²) in [5.41, 5.74) is 2.42. The van der Waals surface area contributed by atoms with Crippen molar-refractivity contribution in [2.75, 3.05) is 32.7 Å². The molecule has 1 spiro atoms. The Bertz CT molecular complexity index is 660. The first kappa shape index (κ1) is 15.6. The number of likely N-dealkylation sites (tertiary alicyclic amines) is 1. The molecule has 3 aliphatic heterocycles. The summed E-state index contributed by atoms with van der Waals surface area (Å²) >= 11 is 0. The van der Waals surface area contributed by atoms with E-state index in [1.165, 1.54) is 11.1 Å². The van der Waals surface area contributed by atoms with Crippen molar-refractivity contribution >= 4 is 11.8 Å². The number of amides is 2. The number of hydrogen-bond donors (Lipinski definition) is 1. The second kappa shape index (κ2) is 6.20. The molecule has 0 radical (unpaired) electrons. The molecule has 1 N–H and O–H groups in total. The highest BCUT2D eigenvalue weighted by Crippen LogP contribution is 2.37. The molecule has 2 fully saturated rings. The van der Waals surface area contributed by atoms with Gasteiger partial charge < -0.3 is 10.2 Å². The molecule has 128 valence electrons. The van der Waals surface area contributed by atoms with Gasteiger partial charge in [-0.15, -0.1) is 0 Å². The second-order valence-corrected chi connectivity index (χ2v) is 7.43. The van der Waals surface area contributed by atoms with Gasteiger partial charge in [0.1, 0.15) is 0 Å². The number of nitrogens with zero attached hydrogens (tertiary/aromatic N) is 2. The van der Waals surface area contributed by atoms with Crippen LogP contribution >= 0.6 is 0 Å². The zero-order valence-corrected chi connectivity index (χ0v) is 14.1. The molecule has 2 amide bonds. The van der Waals surface area contributed by atoms with Gasteiger partial charge in [-0.2, -0.15) is 0 Å². The molecular formula is C19H25N3O2. The molecule has 5 heteroatoms. The van der Waals surface area contributed by atoms with Crippen LogP contribution in [0.3, 0.4) is 0 Å². The fraction of sp³-hybridized carbons (Fsp3) is 0.579. The highest BCUT2D eigenvalue weighted by molar-refractivity contribution is 5.86. The normalized spacial score (nSPS) is 27.2. The van der Waals surface area contributed by atoms with E-state index in [1.807, 2.05) is 4.90 Å². The molecule has 0 aliphatic carbocycles. The molecule has 24 heavy (non-hydrogen) atoms. The van der Waals surface area contributed by atoms with E-state index in [0.29, 0.717) is 13.1 Å². The lowest BCUT2D eigenvalue weighted by Crippen LogP contribution is -2.48. The quantitative estimate of drug-likeness (QED) is 0.887. The Kier molecular flexibility index (Phi) is 4.04. The number of carbonyl (C=O) groups excluding carboxylic acids is 2. The summed E-state index contributed by atoms with van der Waals surface area (Å²) in [6.45, 7) is 4.34. The molecule has 0 bridgehead atoms. The lowest BCUT2D eigenvalue weighted by atomic mass is 9.79. The van der Waals surface area contributed by atoms with Gasteiger partial charge in [0, 0.05) is 32.7 Å². The summed E-state index contributed by atoms with van der Waals surface area (Å²) in [7, 11) is 0. The molecule has 1 aromatic carbocycles. The van der Waals surface area contributed by atoms with Gasteiger partial charge in [-0.3, -0.25) is 14.5 Å². The number of carbonyl (C=O) groups is 2. The minimum Gasteiger partial charge on any atom is -0.356 e. The first-order valence-corrected chi connectivity index (χ1v) is 9.02. The molecule has 0 saturated carbocycles. The Hall–Kier alpha value is -1.88. The Morgan fingerprint density at radius 1 is 1.17 bits per heavy atom. The minimum absolute atomic E-state index is 0.149. The summed E-state index contributed by atoms with van der Waals surface area (Å²) in [5, 5.41) is 2.98. The van der Waals surface area contributed by atoms with Crippen molar-refractivity contribution in [1.29, 1.82) is 0 Å².